The second kappa shape index (κ2) is 7.97. The van der Waals surface area contributed by atoms with Crippen LogP contribution in [0, 0.1) is 5.82 Å². The number of carbonyl (C=O) groups excluding carboxylic acids is 1. The molecule has 0 aliphatic heterocycles. The normalized spacial score (nSPS) is 11.2. The van der Waals surface area contributed by atoms with Gasteiger partial charge in [0, 0.05) is 22.4 Å². The highest BCUT2D eigenvalue weighted by Crippen LogP contribution is 2.32. The SMILES string of the molecule is O=C(Nc1ccc2nc(-c3ccccc3-c3nc4ccc(F)cc4[nH]3)[nH]c2c1)c1ccccc1. The van der Waals surface area contributed by atoms with Crippen molar-refractivity contribution in [1.29, 1.82) is 0 Å². The summed E-state index contributed by atoms with van der Waals surface area (Å²) in [5.41, 5.74) is 5.85. The molecule has 4 aromatic carbocycles. The summed E-state index contributed by atoms with van der Waals surface area (Å²) in [4.78, 5) is 28.4. The van der Waals surface area contributed by atoms with Gasteiger partial charge in [-0.15, -0.1) is 0 Å². The van der Waals surface area contributed by atoms with Gasteiger partial charge in [0.15, 0.2) is 0 Å². The van der Waals surface area contributed by atoms with Gasteiger partial charge in [-0.2, -0.15) is 0 Å². The summed E-state index contributed by atoms with van der Waals surface area (Å²) in [6.07, 6.45) is 0. The van der Waals surface area contributed by atoms with E-state index < -0.39 is 0 Å². The van der Waals surface area contributed by atoms with Crippen molar-refractivity contribution >= 4 is 33.7 Å². The van der Waals surface area contributed by atoms with Gasteiger partial charge in [-0.1, -0.05) is 42.5 Å². The Kier molecular flexibility index (Phi) is 4.66. The number of fused-ring (bicyclic) bond motifs is 2. The first kappa shape index (κ1) is 19.9. The number of benzene rings is 4. The number of amides is 1. The van der Waals surface area contributed by atoms with Gasteiger partial charge in [-0.3, -0.25) is 4.79 Å². The highest BCUT2D eigenvalue weighted by atomic mass is 19.1. The van der Waals surface area contributed by atoms with Crippen LogP contribution in [-0.2, 0) is 0 Å². The molecule has 0 aliphatic carbocycles. The van der Waals surface area contributed by atoms with Crippen LogP contribution >= 0.6 is 0 Å². The molecule has 3 N–H and O–H groups in total. The molecule has 0 fully saturated rings. The number of nitrogens with one attached hydrogen (secondary N) is 3. The zero-order valence-electron chi connectivity index (χ0n) is 17.8. The molecule has 0 saturated carbocycles. The van der Waals surface area contributed by atoms with Crippen molar-refractivity contribution in [3.05, 3.63) is 102 Å². The van der Waals surface area contributed by atoms with Crippen molar-refractivity contribution in [2.45, 2.75) is 0 Å². The van der Waals surface area contributed by atoms with Crippen molar-refractivity contribution in [3.63, 3.8) is 0 Å². The number of aromatic amines is 2. The number of hydrogen-bond acceptors (Lipinski definition) is 3. The lowest BCUT2D eigenvalue weighted by atomic mass is 10.1. The van der Waals surface area contributed by atoms with E-state index in [1.807, 2.05) is 60.7 Å². The van der Waals surface area contributed by atoms with E-state index in [0.717, 1.165) is 22.2 Å². The number of imidazole rings is 2. The van der Waals surface area contributed by atoms with Gasteiger partial charge in [0.25, 0.3) is 5.91 Å². The predicted molar refractivity (Wildman–Crippen MR) is 131 cm³/mol. The summed E-state index contributed by atoms with van der Waals surface area (Å²) in [5.74, 6) is 0.811. The molecule has 6 rings (SSSR count). The average Bonchev–Trinajstić information content (AvgIpc) is 3.48. The van der Waals surface area contributed by atoms with E-state index in [-0.39, 0.29) is 11.7 Å². The Labute approximate surface area is 193 Å². The molecule has 0 saturated heterocycles. The molecule has 0 spiro atoms. The number of aromatic nitrogens is 4. The van der Waals surface area contributed by atoms with E-state index in [1.54, 1.807) is 18.2 Å². The molecule has 0 radical (unpaired) electrons. The Morgan fingerprint density at radius 3 is 1.97 bits per heavy atom. The van der Waals surface area contributed by atoms with E-state index in [9.17, 15) is 9.18 Å². The highest BCUT2D eigenvalue weighted by Gasteiger charge is 2.15. The zero-order chi connectivity index (χ0) is 23.1. The first-order chi connectivity index (χ1) is 16.6. The third-order valence-corrected chi connectivity index (χ3v) is 5.66. The smallest absolute Gasteiger partial charge is 0.255 e. The van der Waals surface area contributed by atoms with Crippen LogP contribution in [0.4, 0.5) is 10.1 Å². The maximum atomic E-state index is 13.6. The molecular formula is C27H18FN5O. The van der Waals surface area contributed by atoms with Gasteiger partial charge < -0.3 is 15.3 Å². The number of halogens is 1. The summed E-state index contributed by atoms with van der Waals surface area (Å²) in [6.45, 7) is 0. The summed E-state index contributed by atoms with van der Waals surface area (Å²) in [5, 5.41) is 2.92. The monoisotopic (exact) mass is 447 g/mol. The number of H-pyrrole nitrogens is 2. The molecule has 2 aromatic heterocycles. The Bertz CT molecular complexity index is 1670. The topological polar surface area (TPSA) is 86.5 Å². The molecule has 0 atom stereocenters. The minimum Gasteiger partial charge on any atom is -0.338 e. The zero-order valence-corrected chi connectivity index (χ0v) is 17.8. The minimum absolute atomic E-state index is 0.175. The summed E-state index contributed by atoms with van der Waals surface area (Å²) < 4.78 is 13.6. The van der Waals surface area contributed by atoms with Crippen LogP contribution in [0.5, 0.6) is 0 Å². The predicted octanol–water partition coefficient (Wildman–Crippen LogP) is 6.16. The van der Waals surface area contributed by atoms with Crippen LogP contribution in [-0.4, -0.2) is 25.8 Å². The van der Waals surface area contributed by atoms with Crippen molar-refractivity contribution in [3.8, 4) is 22.8 Å². The van der Waals surface area contributed by atoms with E-state index in [4.69, 9.17) is 4.98 Å². The first-order valence-corrected chi connectivity index (χ1v) is 10.8. The Morgan fingerprint density at radius 1 is 0.706 bits per heavy atom. The van der Waals surface area contributed by atoms with Crippen LogP contribution in [0.15, 0.2) is 91.0 Å². The van der Waals surface area contributed by atoms with Crippen LogP contribution in [0.2, 0.25) is 0 Å². The summed E-state index contributed by atoms with van der Waals surface area (Å²) in [7, 11) is 0. The average molecular weight is 447 g/mol. The number of anilines is 1. The van der Waals surface area contributed by atoms with Gasteiger partial charge in [0.1, 0.15) is 17.5 Å². The maximum Gasteiger partial charge on any atom is 0.255 e. The molecule has 0 unspecified atom stereocenters. The van der Waals surface area contributed by atoms with Gasteiger partial charge in [-0.25, -0.2) is 14.4 Å². The van der Waals surface area contributed by atoms with Crippen LogP contribution < -0.4 is 5.32 Å². The number of carbonyl (C=O) groups is 1. The second-order valence-corrected chi connectivity index (χ2v) is 7.93. The third-order valence-electron chi connectivity index (χ3n) is 5.66. The first-order valence-electron chi connectivity index (χ1n) is 10.8. The standard InChI is InChI=1S/C27H18FN5O/c28-17-10-12-21-23(14-17)32-25(30-21)19-8-4-5-9-20(19)26-31-22-13-11-18(15-24(22)33-26)29-27(34)16-6-2-1-3-7-16/h1-15H,(H,29,34)(H,30,32)(H,31,33). The van der Waals surface area contributed by atoms with Crippen molar-refractivity contribution in [2.24, 2.45) is 0 Å². The van der Waals surface area contributed by atoms with E-state index >= 15 is 0 Å². The molecule has 1 amide bonds. The molecule has 0 bridgehead atoms. The lowest BCUT2D eigenvalue weighted by Gasteiger charge is -2.05. The molecule has 2 heterocycles. The number of nitrogens with zero attached hydrogens (tertiary/aromatic N) is 2. The fourth-order valence-corrected chi connectivity index (χ4v) is 4.01. The van der Waals surface area contributed by atoms with Crippen molar-refractivity contribution < 1.29 is 9.18 Å². The maximum absolute atomic E-state index is 13.6. The van der Waals surface area contributed by atoms with Crippen molar-refractivity contribution in [2.75, 3.05) is 5.32 Å². The Morgan fingerprint density at radius 2 is 1.29 bits per heavy atom. The summed E-state index contributed by atoms with van der Waals surface area (Å²) >= 11 is 0. The van der Waals surface area contributed by atoms with Crippen LogP contribution in [0.1, 0.15) is 10.4 Å². The van der Waals surface area contributed by atoms with Gasteiger partial charge in [0.2, 0.25) is 0 Å². The Hall–Kier alpha value is -4.78. The van der Waals surface area contributed by atoms with Gasteiger partial charge >= 0.3 is 0 Å². The molecule has 164 valence electrons. The van der Waals surface area contributed by atoms with Gasteiger partial charge in [-0.05, 0) is 48.5 Å². The number of rotatable bonds is 4. The van der Waals surface area contributed by atoms with Crippen LogP contribution in [0.3, 0.4) is 0 Å². The molecular weight excluding hydrogens is 429 g/mol. The third kappa shape index (κ3) is 3.59. The fraction of sp³-hybridized carbons (Fsp3) is 0. The highest BCUT2D eigenvalue weighted by molar-refractivity contribution is 6.05. The fourth-order valence-electron chi connectivity index (χ4n) is 4.01. The van der Waals surface area contributed by atoms with Gasteiger partial charge in [0.05, 0.1) is 22.1 Å². The Balaban J connectivity index is 1.36. The van der Waals surface area contributed by atoms with E-state index in [2.05, 4.69) is 20.3 Å². The molecule has 6 nitrogen and oxygen atoms in total. The van der Waals surface area contributed by atoms with Crippen molar-refractivity contribution in [1.82, 2.24) is 19.9 Å². The lowest BCUT2D eigenvalue weighted by molar-refractivity contribution is 0.102. The van der Waals surface area contributed by atoms with Crippen LogP contribution in [0.25, 0.3) is 44.8 Å². The largest absolute Gasteiger partial charge is 0.338 e. The molecule has 34 heavy (non-hydrogen) atoms. The van der Waals surface area contributed by atoms with E-state index in [0.29, 0.717) is 33.9 Å². The molecule has 7 heteroatoms. The summed E-state index contributed by atoms with van der Waals surface area (Å²) in [6, 6.07) is 26.9. The second-order valence-electron chi connectivity index (χ2n) is 7.93. The number of hydrogen-bond donors (Lipinski definition) is 3. The molecule has 0 aliphatic rings. The minimum atomic E-state index is -0.316. The van der Waals surface area contributed by atoms with E-state index in [1.165, 1.54) is 12.1 Å². The quantitative estimate of drug-likeness (QED) is 0.302. The molecule has 6 aromatic rings. The lowest BCUT2D eigenvalue weighted by Crippen LogP contribution is -2.11.